The van der Waals surface area contributed by atoms with E-state index in [1.54, 1.807) is 11.0 Å². The highest BCUT2D eigenvalue weighted by molar-refractivity contribution is 5.94. The number of carbonyl (C=O) groups excluding carboxylic acids is 2. The predicted octanol–water partition coefficient (Wildman–Crippen LogP) is 3.42. The molecule has 152 valence electrons. The first-order valence-electron chi connectivity index (χ1n) is 10.0. The summed E-state index contributed by atoms with van der Waals surface area (Å²) >= 11 is 0. The number of hydrogen-bond acceptors (Lipinski definition) is 5. The molecule has 0 N–H and O–H groups in total. The van der Waals surface area contributed by atoms with E-state index < -0.39 is 0 Å². The van der Waals surface area contributed by atoms with E-state index in [2.05, 4.69) is 15.6 Å². The molecule has 4 rings (SSSR count). The van der Waals surface area contributed by atoms with Gasteiger partial charge in [0, 0.05) is 19.6 Å². The van der Waals surface area contributed by atoms with Crippen molar-refractivity contribution in [3.8, 4) is 0 Å². The van der Waals surface area contributed by atoms with Crippen molar-refractivity contribution in [2.24, 2.45) is 5.92 Å². The van der Waals surface area contributed by atoms with Crippen LogP contribution in [0.4, 0.5) is 0 Å². The van der Waals surface area contributed by atoms with Crippen molar-refractivity contribution in [3.05, 3.63) is 54.2 Å². The number of imidazole rings is 1. The van der Waals surface area contributed by atoms with E-state index in [-0.39, 0.29) is 17.8 Å². The maximum atomic E-state index is 12.4. The van der Waals surface area contributed by atoms with Crippen LogP contribution in [0.2, 0.25) is 0 Å². The molecular formula is C22H25N3O4. The Morgan fingerprint density at radius 3 is 2.76 bits per heavy atom. The number of piperidine rings is 1. The van der Waals surface area contributed by atoms with E-state index in [0.717, 1.165) is 29.8 Å². The largest absolute Gasteiger partial charge is 0.472 e. The molecule has 0 saturated carbocycles. The zero-order chi connectivity index (χ0) is 20.2. The monoisotopic (exact) mass is 395 g/mol. The third-order valence-corrected chi connectivity index (χ3v) is 5.50. The van der Waals surface area contributed by atoms with Gasteiger partial charge < -0.3 is 18.6 Å². The van der Waals surface area contributed by atoms with E-state index in [0.29, 0.717) is 38.1 Å². The van der Waals surface area contributed by atoms with Gasteiger partial charge in [-0.15, -0.1) is 0 Å². The number of rotatable bonds is 6. The SMILES string of the molecule is Cc1nc2ccccc2n1CCCOC(=O)C1CCN(C(=O)c2ccoc2)CC1. The Morgan fingerprint density at radius 2 is 2.00 bits per heavy atom. The highest BCUT2D eigenvalue weighted by Crippen LogP contribution is 2.21. The van der Waals surface area contributed by atoms with E-state index in [1.807, 2.05) is 25.1 Å². The molecule has 0 spiro atoms. The molecular weight excluding hydrogens is 370 g/mol. The summed E-state index contributed by atoms with van der Waals surface area (Å²) in [5.41, 5.74) is 2.64. The lowest BCUT2D eigenvalue weighted by Gasteiger charge is -2.30. The zero-order valence-corrected chi connectivity index (χ0v) is 16.5. The predicted molar refractivity (Wildman–Crippen MR) is 107 cm³/mol. The average Bonchev–Trinajstić information content (AvgIpc) is 3.38. The first-order chi connectivity index (χ1) is 14.1. The lowest BCUT2D eigenvalue weighted by molar-refractivity contribution is -0.150. The smallest absolute Gasteiger partial charge is 0.309 e. The molecule has 1 saturated heterocycles. The van der Waals surface area contributed by atoms with Crippen molar-refractivity contribution < 1.29 is 18.7 Å². The van der Waals surface area contributed by atoms with Crippen LogP contribution >= 0.6 is 0 Å². The Morgan fingerprint density at radius 1 is 1.21 bits per heavy atom. The number of fused-ring (bicyclic) bond motifs is 1. The number of hydrogen-bond donors (Lipinski definition) is 0. The number of nitrogens with zero attached hydrogens (tertiary/aromatic N) is 3. The lowest BCUT2D eigenvalue weighted by Crippen LogP contribution is -2.40. The quantitative estimate of drug-likeness (QED) is 0.472. The number of likely N-dealkylation sites (tertiary alicyclic amines) is 1. The third-order valence-electron chi connectivity index (χ3n) is 5.50. The van der Waals surface area contributed by atoms with E-state index in [1.165, 1.54) is 12.5 Å². The molecule has 0 aliphatic carbocycles. The van der Waals surface area contributed by atoms with Gasteiger partial charge in [-0.2, -0.15) is 0 Å². The van der Waals surface area contributed by atoms with Gasteiger partial charge in [-0.25, -0.2) is 4.98 Å². The van der Waals surface area contributed by atoms with Crippen molar-refractivity contribution >= 4 is 22.9 Å². The number of aryl methyl sites for hydroxylation is 2. The van der Waals surface area contributed by atoms with Gasteiger partial charge in [-0.3, -0.25) is 9.59 Å². The molecule has 1 fully saturated rings. The summed E-state index contributed by atoms with van der Waals surface area (Å²) in [7, 11) is 0. The van der Waals surface area contributed by atoms with E-state index >= 15 is 0 Å². The van der Waals surface area contributed by atoms with Crippen molar-refractivity contribution in [1.29, 1.82) is 0 Å². The topological polar surface area (TPSA) is 77.6 Å². The van der Waals surface area contributed by atoms with Crippen LogP contribution in [-0.2, 0) is 16.1 Å². The summed E-state index contributed by atoms with van der Waals surface area (Å²) in [4.78, 5) is 31.0. The first-order valence-corrected chi connectivity index (χ1v) is 10.0. The van der Waals surface area contributed by atoms with Gasteiger partial charge in [-0.1, -0.05) is 12.1 Å². The second-order valence-electron chi connectivity index (χ2n) is 7.40. The fourth-order valence-corrected chi connectivity index (χ4v) is 3.88. The minimum Gasteiger partial charge on any atom is -0.472 e. The normalized spacial score (nSPS) is 15.0. The Hall–Kier alpha value is -3.09. The molecule has 0 atom stereocenters. The Labute approximate surface area is 169 Å². The summed E-state index contributed by atoms with van der Waals surface area (Å²) in [6.45, 7) is 4.26. The van der Waals surface area contributed by atoms with Crippen LogP contribution in [0.15, 0.2) is 47.3 Å². The second-order valence-corrected chi connectivity index (χ2v) is 7.40. The summed E-state index contributed by atoms with van der Waals surface area (Å²) in [5.74, 6) is 0.618. The number of benzene rings is 1. The maximum Gasteiger partial charge on any atom is 0.309 e. The Kier molecular flexibility index (Phi) is 5.64. The Bertz CT molecular complexity index is 985. The number of esters is 1. The Balaban J connectivity index is 1.21. The van der Waals surface area contributed by atoms with Crippen LogP contribution in [-0.4, -0.2) is 46.0 Å². The summed E-state index contributed by atoms with van der Waals surface area (Å²) in [6.07, 6.45) is 4.95. The number of carbonyl (C=O) groups is 2. The maximum absolute atomic E-state index is 12.4. The second kappa shape index (κ2) is 8.51. The molecule has 0 bridgehead atoms. The fraction of sp³-hybridized carbons (Fsp3) is 0.409. The molecule has 7 heteroatoms. The molecule has 0 unspecified atom stereocenters. The van der Waals surface area contributed by atoms with Crippen molar-refractivity contribution in [2.45, 2.75) is 32.7 Å². The zero-order valence-electron chi connectivity index (χ0n) is 16.5. The van der Waals surface area contributed by atoms with Gasteiger partial charge in [0.2, 0.25) is 0 Å². The van der Waals surface area contributed by atoms with Gasteiger partial charge >= 0.3 is 5.97 Å². The summed E-state index contributed by atoms with van der Waals surface area (Å²) in [5, 5.41) is 0. The molecule has 3 heterocycles. The van der Waals surface area contributed by atoms with Crippen LogP contribution < -0.4 is 0 Å². The standard InChI is InChI=1S/C22H25N3O4/c1-16-23-19-5-2-3-6-20(19)25(16)10-4-13-29-22(27)17-7-11-24(12-8-17)21(26)18-9-14-28-15-18/h2-3,5-6,9,14-15,17H,4,7-8,10-13H2,1H3. The van der Waals surface area contributed by atoms with Gasteiger partial charge in [0.1, 0.15) is 12.1 Å². The third kappa shape index (κ3) is 4.18. The molecule has 1 amide bonds. The highest BCUT2D eigenvalue weighted by Gasteiger charge is 2.29. The van der Waals surface area contributed by atoms with Crippen molar-refractivity contribution in [1.82, 2.24) is 14.5 Å². The molecule has 2 aromatic heterocycles. The van der Waals surface area contributed by atoms with Crippen molar-refractivity contribution in [3.63, 3.8) is 0 Å². The number of aromatic nitrogens is 2. The number of para-hydroxylation sites is 2. The van der Waals surface area contributed by atoms with Crippen LogP contribution in [0.5, 0.6) is 0 Å². The van der Waals surface area contributed by atoms with Crippen LogP contribution in [0.1, 0.15) is 35.4 Å². The molecule has 1 aliphatic rings. The molecule has 3 aromatic rings. The number of amides is 1. The first kappa shape index (κ1) is 19.2. The minimum absolute atomic E-state index is 0.0477. The lowest BCUT2D eigenvalue weighted by atomic mass is 9.96. The average molecular weight is 395 g/mol. The molecule has 1 aromatic carbocycles. The number of furan rings is 1. The fourth-order valence-electron chi connectivity index (χ4n) is 3.88. The summed E-state index contributed by atoms with van der Waals surface area (Å²) < 4.78 is 12.6. The van der Waals surface area contributed by atoms with Crippen LogP contribution in [0.3, 0.4) is 0 Å². The van der Waals surface area contributed by atoms with E-state index in [9.17, 15) is 9.59 Å². The van der Waals surface area contributed by atoms with Gasteiger partial charge in [0.15, 0.2) is 0 Å². The summed E-state index contributed by atoms with van der Waals surface area (Å²) in [6, 6.07) is 9.70. The molecule has 1 aliphatic heterocycles. The highest BCUT2D eigenvalue weighted by atomic mass is 16.5. The molecule has 29 heavy (non-hydrogen) atoms. The number of ether oxygens (including phenoxy) is 1. The van der Waals surface area contributed by atoms with Crippen LogP contribution in [0.25, 0.3) is 11.0 Å². The van der Waals surface area contributed by atoms with Crippen LogP contribution in [0, 0.1) is 12.8 Å². The minimum atomic E-state index is -0.160. The van der Waals surface area contributed by atoms with E-state index in [4.69, 9.17) is 9.15 Å². The van der Waals surface area contributed by atoms with Gasteiger partial charge in [-0.05, 0) is 44.4 Å². The van der Waals surface area contributed by atoms with Crippen molar-refractivity contribution in [2.75, 3.05) is 19.7 Å². The molecule has 0 radical (unpaired) electrons. The van der Waals surface area contributed by atoms with Gasteiger partial charge in [0.25, 0.3) is 5.91 Å². The van der Waals surface area contributed by atoms with Gasteiger partial charge in [0.05, 0.1) is 35.4 Å². The molecule has 7 nitrogen and oxygen atoms in total.